The van der Waals surface area contributed by atoms with Gasteiger partial charge in [-0.25, -0.2) is 0 Å². The van der Waals surface area contributed by atoms with E-state index in [4.69, 9.17) is 27.9 Å². The Bertz CT molecular complexity index is 1260. The molecule has 2 amide bonds. The zero-order valence-corrected chi connectivity index (χ0v) is 25.9. The molecule has 1 unspecified atom stereocenters. The number of nitrogens with one attached hydrogen (secondary N) is 1. The first-order valence-corrected chi connectivity index (χ1v) is 14.5. The lowest BCUT2D eigenvalue weighted by Crippen LogP contribution is -2.51. The average molecular weight is 634 g/mol. The molecule has 0 fully saturated rings. The molecule has 0 aliphatic heterocycles. The first kappa shape index (κ1) is 31.0. The normalized spacial score (nSPS) is 12.1. The molecule has 0 saturated carbocycles. The van der Waals surface area contributed by atoms with Crippen LogP contribution in [-0.4, -0.2) is 35.9 Å². The molecule has 1 atom stereocenters. The minimum Gasteiger partial charge on any atom is -0.483 e. The van der Waals surface area contributed by atoms with Crippen LogP contribution in [0.2, 0.25) is 10.0 Å². The largest absolute Gasteiger partial charge is 0.483 e. The number of hydrogen-bond donors (Lipinski definition) is 1. The molecule has 8 heteroatoms. The van der Waals surface area contributed by atoms with Crippen molar-refractivity contribution in [3.8, 4) is 5.75 Å². The van der Waals surface area contributed by atoms with Crippen molar-refractivity contribution in [3.05, 3.63) is 97.9 Å². The van der Waals surface area contributed by atoms with Gasteiger partial charge in [0.2, 0.25) is 5.91 Å². The van der Waals surface area contributed by atoms with E-state index in [1.807, 2.05) is 55.5 Å². The van der Waals surface area contributed by atoms with Gasteiger partial charge >= 0.3 is 0 Å². The fraction of sp³-hybridized carbons (Fsp3) is 0.355. The topological polar surface area (TPSA) is 58.6 Å². The van der Waals surface area contributed by atoms with Crippen molar-refractivity contribution < 1.29 is 14.3 Å². The van der Waals surface area contributed by atoms with Gasteiger partial charge in [-0.2, -0.15) is 0 Å². The van der Waals surface area contributed by atoms with Crippen LogP contribution in [0.3, 0.4) is 0 Å². The third-order valence-electron chi connectivity index (χ3n) is 6.36. The number of benzene rings is 3. The molecule has 1 N–H and O–H groups in total. The molecule has 0 bridgehead atoms. The quantitative estimate of drug-likeness (QED) is 0.237. The van der Waals surface area contributed by atoms with E-state index >= 15 is 0 Å². The minimum atomic E-state index is -0.797. The Kier molecular flexibility index (Phi) is 11.3. The number of carbonyl (C=O) groups excluding carboxylic acids is 2. The zero-order chi connectivity index (χ0) is 28.6. The average Bonchev–Trinajstić information content (AvgIpc) is 2.89. The Morgan fingerprint density at radius 3 is 2.26 bits per heavy atom. The van der Waals surface area contributed by atoms with Crippen LogP contribution < -0.4 is 10.1 Å². The van der Waals surface area contributed by atoms with Gasteiger partial charge in [-0.1, -0.05) is 93.4 Å². The monoisotopic (exact) mass is 632 g/mol. The Morgan fingerprint density at radius 2 is 1.67 bits per heavy atom. The number of ether oxygens (including phenoxy) is 1. The van der Waals surface area contributed by atoms with Crippen LogP contribution in [0.5, 0.6) is 5.75 Å². The highest BCUT2D eigenvalue weighted by atomic mass is 79.9. The Hall–Kier alpha value is -2.54. The highest BCUT2D eigenvalue weighted by Gasteiger charge is 2.31. The van der Waals surface area contributed by atoms with Gasteiger partial charge in [-0.05, 0) is 63.2 Å². The van der Waals surface area contributed by atoms with Gasteiger partial charge in [0.25, 0.3) is 5.91 Å². The zero-order valence-electron chi connectivity index (χ0n) is 22.8. The van der Waals surface area contributed by atoms with E-state index in [1.54, 1.807) is 18.2 Å². The summed E-state index contributed by atoms with van der Waals surface area (Å²) in [6, 6.07) is 19.8. The predicted molar refractivity (Wildman–Crippen MR) is 163 cm³/mol. The first-order chi connectivity index (χ1) is 18.5. The van der Waals surface area contributed by atoms with Gasteiger partial charge in [-0.15, -0.1) is 0 Å². The Balaban J connectivity index is 1.94. The predicted octanol–water partition coefficient (Wildman–Crippen LogP) is 7.60. The van der Waals surface area contributed by atoms with Crippen molar-refractivity contribution in [2.75, 3.05) is 13.2 Å². The molecule has 39 heavy (non-hydrogen) atoms. The number of carbonyl (C=O) groups is 2. The lowest BCUT2D eigenvalue weighted by molar-refractivity contribution is -0.142. The number of nitrogens with zero attached hydrogens (tertiary/aromatic N) is 1. The maximum atomic E-state index is 13.8. The first-order valence-electron chi connectivity index (χ1n) is 13.0. The van der Waals surface area contributed by atoms with E-state index in [1.165, 1.54) is 4.90 Å². The van der Waals surface area contributed by atoms with Gasteiger partial charge in [0.05, 0.1) is 4.47 Å². The number of halogens is 3. The number of rotatable bonds is 11. The maximum Gasteiger partial charge on any atom is 0.261 e. The summed E-state index contributed by atoms with van der Waals surface area (Å²) in [4.78, 5) is 28.8. The molecule has 0 radical (unpaired) electrons. The molecular formula is C31H35BrCl2N2O3. The summed E-state index contributed by atoms with van der Waals surface area (Å²) in [6.45, 7) is 8.68. The highest BCUT2D eigenvalue weighted by molar-refractivity contribution is 9.10. The van der Waals surface area contributed by atoms with E-state index < -0.39 is 6.04 Å². The van der Waals surface area contributed by atoms with Gasteiger partial charge < -0.3 is 15.0 Å². The Labute approximate surface area is 250 Å². The highest BCUT2D eigenvalue weighted by Crippen LogP contribution is 2.32. The van der Waals surface area contributed by atoms with Crippen molar-refractivity contribution in [3.63, 3.8) is 0 Å². The fourth-order valence-corrected chi connectivity index (χ4v) is 5.09. The van der Waals surface area contributed by atoms with Crippen LogP contribution >= 0.6 is 39.1 Å². The number of amides is 2. The summed E-state index contributed by atoms with van der Waals surface area (Å²) in [5.74, 6) is -0.0552. The van der Waals surface area contributed by atoms with Crippen molar-refractivity contribution in [1.82, 2.24) is 10.2 Å². The SMILES string of the molecule is CCCNC(=O)C(Cc1ccccc1)N(Cc1c(Cl)cccc1Cl)C(=O)COc1ccc(C(C)(C)C)cc1Br. The summed E-state index contributed by atoms with van der Waals surface area (Å²) in [5.41, 5.74) is 2.61. The van der Waals surface area contributed by atoms with Crippen LogP contribution in [0.1, 0.15) is 50.8 Å². The molecule has 3 rings (SSSR count). The second-order valence-corrected chi connectivity index (χ2v) is 12.1. The van der Waals surface area contributed by atoms with E-state index in [0.29, 0.717) is 34.3 Å². The van der Waals surface area contributed by atoms with E-state index in [9.17, 15) is 9.59 Å². The smallest absolute Gasteiger partial charge is 0.261 e. The van der Waals surface area contributed by atoms with Crippen molar-refractivity contribution in [2.24, 2.45) is 0 Å². The summed E-state index contributed by atoms with van der Waals surface area (Å²) in [6.07, 6.45) is 1.10. The maximum absolute atomic E-state index is 13.8. The second-order valence-electron chi connectivity index (χ2n) is 10.4. The van der Waals surface area contributed by atoms with E-state index in [0.717, 1.165) is 22.0 Å². The molecule has 3 aromatic carbocycles. The summed E-state index contributed by atoms with van der Waals surface area (Å²) < 4.78 is 6.73. The molecular weight excluding hydrogens is 599 g/mol. The van der Waals surface area contributed by atoms with Crippen molar-refractivity contribution >= 4 is 50.9 Å². The van der Waals surface area contributed by atoms with Crippen LogP contribution in [0.15, 0.2) is 71.2 Å². The summed E-state index contributed by atoms with van der Waals surface area (Å²) in [5, 5.41) is 3.81. The van der Waals surface area contributed by atoms with E-state index in [2.05, 4.69) is 42.0 Å². The molecule has 0 spiro atoms. The lowest BCUT2D eigenvalue weighted by atomic mass is 9.87. The third-order valence-corrected chi connectivity index (χ3v) is 7.69. The van der Waals surface area contributed by atoms with E-state index in [-0.39, 0.29) is 30.4 Å². The Morgan fingerprint density at radius 1 is 1.00 bits per heavy atom. The molecule has 3 aromatic rings. The molecule has 0 aliphatic carbocycles. The lowest BCUT2D eigenvalue weighted by Gasteiger charge is -2.32. The summed E-state index contributed by atoms with van der Waals surface area (Å²) in [7, 11) is 0. The van der Waals surface area contributed by atoms with Crippen LogP contribution in [0.4, 0.5) is 0 Å². The van der Waals surface area contributed by atoms with Gasteiger partial charge in [-0.3, -0.25) is 9.59 Å². The minimum absolute atomic E-state index is 0.0294. The van der Waals surface area contributed by atoms with Crippen LogP contribution in [0.25, 0.3) is 0 Å². The van der Waals surface area contributed by atoms with Crippen LogP contribution in [0, 0.1) is 0 Å². The van der Waals surface area contributed by atoms with Gasteiger partial charge in [0.15, 0.2) is 6.61 Å². The molecule has 0 heterocycles. The number of hydrogen-bond acceptors (Lipinski definition) is 3. The molecule has 208 valence electrons. The summed E-state index contributed by atoms with van der Waals surface area (Å²) >= 11 is 16.6. The van der Waals surface area contributed by atoms with Crippen molar-refractivity contribution in [1.29, 1.82) is 0 Å². The van der Waals surface area contributed by atoms with Gasteiger partial charge in [0.1, 0.15) is 11.8 Å². The van der Waals surface area contributed by atoms with Crippen LogP contribution in [-0.2, 0) is 28.0 Å². The molecule has 0 aliphatic rings. The second kappa shape index (κ2) is 14.2. The molecule has 0 aromatic heterocycles. The third kappa shape index (κ3) is 8.72. The fourth-order valence-electron chi connectivity index (χ4n) is 4.08. The van der Waals surface area contributed by atoms with Crippen molar-refractivity contribution in [2.45, 2.75) is 58.5 Å². The molecule has 0 saturated heterocycles. The standard InChI is InChI=1S/C31H35BrCl2N2O3/c1-5-16-35-30(38)27(17-21-10-7-6-8-11-21)36(19-23-25(33)12-9-13-26(23)34)29(37)20-39-28-15-14-22(18-24(28)32)31(2,3)4/h6-15,18,27H,5,16-17,19-20H2,1-4H3,(H,35,38). The van der Waals surface area contributed by atoms with Gasteiger partial charge in [0, 0.05) is 35.1 Å². The molecule has 5 nitrogen and oxygen atoms in total.